The number of anilines is 1. The molecule has 5 nitrogen and oxygen atoms in total. The second-order valence-corrected chi connectivity index (χ2v) is 7.91. The van der Waals surface area contributed by atoms with E-state index in [1.54, 1.807) is 35.4 Å². The third-order valence-corrected chi connectivity index (χ3v) is 5.67. The van der Waals surface area contributed by atoms with Crippen molar-refractivity contribution in [1.82, 2.24) is 9.97 Å². The molecule has 2 heterocycles. The van der Waals surface area contributed by atoms with E-state index in [-0.39, 0.29) is 12.5 Å². The summed E-state index contributed by atoms with van der Waals surface area (Å²) in [5.41, 5.74) is 3.52. The van der Waals surface area contributed by atoms with Gasteiger partial charge in [-0.15, -0.1) is 0 Å². The molecule has 0 N–H and O–H groups in total. The fourth-order valence-corrected chi connectivity index (χ4v) is 4.40. The third kappa shape index (κ3) is 3.97. The van der Waals surface area contributed by atoms with Crippen LogP contribution in [0.5, 0.6) is 0 Å². The number of pyridine rings is 1. The van der Waals surface area contributed by atoms with E-state index in [0.717, 1.165) is 21.5 Å². The molecule has 0 aliphatic carbocycles. The summed E-state index contributed by atoms with van der Waals surface area (Å²) < 4.78 is 0.920. The first-order valence-electron chi connectivity index (χ1n) is 8.84. The van der Waals surface area contributed by atoms with Crippen molar-refractivity contribution in [2.24, 2.45) is 0 Å². The van der Waals surface area contributed by atoms with Crippen molar-refractivity contribution in [1.29, 1.82) is 5.26 Å². The quantitative estimate of drug-likeness (QED) is 0.446. The Morgan fingerprint density at radius 1 is 1.21 bits per heavy atom. The predicted octanol–water partition coefficient (Wildman–Crippen LogP) is 5.37. The minimum Gasteiger partial charge on any atom is -0.278 e. The first-order valence-corrected chi connectivity index (χ1v) is 10.0. The lowest BCUT2D eigenvalue weighted by Gasteiger charge is -2.19. The van der Waals surface area contributed by atoms with Gasteiger partial charge in [-0.05, 0) is 61.0 Å². The van der Waals surface area contributed by atoms with Crippen molar-refractivity contribution >= 4 is 44.2 Å². The zero-order chi connectivity index (χ0) is 20.4. The Hall–Kier alpha value is -3.27. The van der Waals surface area contributed by atoms with Gasteiger partial charge >= 0.3 is 0 Å². The Kier molecular flexibility index (Phi) is 5.26. The number of nitrogens with zero attached hydrogens (tertiary/aromatic N) is 4. The average molecular weight is 419 g/mol. The molecule has 1 amide bonds. The summed E-state index contributed by atoms with van der Waals surface area (Å²) in [6.45, 7) is 2.23. The first kappa shape index (κ1) is 19.1. The van der Waals surface area contributed by atoms with Gasteiger partial charge in [0.1, 0.15) is 0 Å². The monoisotopic (exact) mass is 418 g/mol. The lowest BCUT2D eigenvalue weighted by Crippen LogP contribution is -2.30. The van der Waals surface area contributed by atoms with Crippen LogP contribution in [0.3, 0.4) is 0 Å². The minimum atomic E-state index is -0.206. The number of carbonyl (C=O) groups excluding carboxylic acids is 1. The molecule has 0 aliphatic heterocycles. The lowest BCUT2D eigenvalue weighted by atomic mass is 10.1. The van der Waals surface area contributed by atoms with Gasteiger partial charge < -0.3 is 0 Å². The van der Waals surface area contributed by atoms with Crippen LogP contribution in [-0.4, -0.2) is 15.9 Å². The topological polar surface area (TPSA) is 69.9 Å². The molecule has 29 heavy (non-hydrogen) atoms. The number of rotatable bonds is 4. The second kappa shape index (κ2) is 8.00. The van der Waals surface area contributed by atoms with E-state index in [1.807, 2.05) is 37.3 Å². The molecule has 4 aromatic rings. The SMILES string of the molecule is Cc1cc(Cl)cc2sc(N(Cc3ccccn3)C(=O)c3ccc(C#N)cc3)nc12. The summed E-state index contributed by atoms with van der Waals surface area (Å²) in [5.74, 6) is -0.206. The van der Waals surface area contributed by atoms with E-state index in [2.05, 4.69) is 11.1 Å². The van der Waals surface area contributed by atoms with Crippen LogP contribution in [0.15, 0.2) is 60.8 Å². The van der Waals surface area contributed by atoms with E-state index >= 15 is 0 Å². The number of benzene rings is 2. The highest BCUT2D eigenvalue weighted by atomic mass is 35.5. The molecule has 0 saturated heterocycles. The Morgan fingerprint density at radius 2 is 2.00 bits per heavy atom. The smallest absolute Gasteiger partial charge is 0.260 e. The number of amides is 1. The van der Waals surface area contributed by atoms with Crippen molar-refractivity contribution in [2.45, 2.75) is 13.5 Å². The molecule has 0 atom stereocenters. The number of thiazole rings is 1. The molecule has 2 aromatic carbocycles. The molecule has 2 aromatic heterocycles. The third-order valence-electron chi connectivity index (χ3n) is 4.42. The van der Waals surface area contributed by atoms with Crippen molar-refractivity contribution in [3.8, 4) is 6.07 Å². The van der Waals surface area contributed by atoms with Gasteiger partial charge in [0.25, 0.3) is 5.91 Å². The van der Waals surface area contributed by atoms with Crippen molar-refractivity contribution in [3.63, 3.8) is 0 Å². The number of nitriles is 1. The van der Waals surface area contributed by atoms with E-state index in [9.17, 15) is 4.79 Å². The standard InChI is InChI=1S/C22H15ClN4OS/c1-14-10-17(23)11-19-20(14)26-22(29-19)27(13-18-4-2-3-9-25-18)21(28)16-7-5-15(12-24)6-8-16/h2-11H,13H2,1H3. The highest BCUT2D eigenvalue weighted by Crippen LogP contribution is 2.34. The van der Waals surface area contributed by atoms with Crippen LogP contribution in [0.2, 0.25) is 5.02 Å². The number of aromatic nitrogens is 2. The summed E-state index contributed by atoms with van der Waals surface area (Å²) in [7, 11) is 0. The van der Waals surface area contributed by atoms with Crippen LogP contribution < -0.4 is 4.90 Å². The summed E-state index contributed by atoms with van der Waals surface area (Å²) in [6.07, 6.45) is 1.70. The number of halogens is 1. The van der Waals surface area contributed by atoms with Crippen LogP contribution >= 0.6 is 22.9 Å². The predicted molar refractivity (Wildman–Crippen MR) is 115 cm³/mol. The molecular formula is C22H15ClN4OS. The fourth-order valence-electron chi connectivity index (χ4n) is 2.98. The Balaban J connectivity index is 1.78. The summed E-state index contributed by atoms with van der Waals surface area (Å²) in [6, 6.07) is 17.9. The fraction of sp³-hybridized carbons (Fsp3) is 0.0909. The van der Waals surface area contributed by atoms with Gasteiger partial charge in [0, 0.05) is 16.8 Å². The average Bonchev–Trinajstić information content (AvgIpc) is 3.16. The Labute approximate surface area is 176 Å². The Bertz CT molecular complexity index is 1230. The molecule has 0 fully saturated rings. The van der Waals surface area contributed by atoms with Crippen molar-refractivity contribution in [2.75, 3.05) is 4.90 Å². The number of hydrogen-bond acceptors (Lipinski definition) is 5. The van der Waals surface area contributed by atoms with Crippen LogP contribution in [0.1, 0.15) is 27.2 Å². The minimum absolute atomic E-state index is 0.206. The summed E-state index contributed by atoms with van der Waals surface area (Å²) in [4.78, 5) is 24.0. The zero-order valence-electron chi connectivity index (χ0n) is 15.5. The molecule has 7 heteroatoms. The first-order chi connectivity index (χ1) is 14.0. The number of carbonyl (C=O) groups is 1. The van der Waals surface area contributed by atoms with E-state index in [0.29, 0.717) is 21.3 Å². The molecular weight excluding hydrogens is 404 g/mol. The molecule has 0 saturated carbocycles. The maximum absolute atomic E-state index is 13.3. The number of hydrogen-bond donors (Lipinski definition) is 0. The van der Waals surface area contributed by atoms with E-state index in [4.69, 9.17) is 21.8 Å². The van der Waals surface area contributed by atoms with Crippen LogP contribution in [-0.2, 0) is 6.54 Å². The maximum Gasteiger partial charge on any atom is 0.260 e. The van der Waals surface area contributed by atoms with Gasteiger partial charge in [-0.1, -0.05) is 29.0 Å². The van der Waals surface area contributed by atoms with Gasteiger partial charge in [-0.2, -0.15) is 5.26 Å². The zero-order valence-corrected chi connectivity index (χ0v) is 17.0. The normalized spacial score (nSPS) is 10.7. The highest BCUT2D eigenvalue weighted by molar-refractivity contribution is 7.22. The van der Waals surface area contributed by atoms with Gasteiger partial charge in [0.15, 0.2) is 5.13 Å². The number of fused-ring (bicyclic) bond motifs is 1. The second-order valence-electron chi connectivity index (χ2n) is 6.47. The van der Waals surface area contributed by atoms with Crippen molar-refractivity contribution < 1.29 is 4.79 Å². The molecule has 0 bridgehead atoms. The van der Waals surface area contributed by atoms with Gasteiger partial charge in [-0.3, -0.25) is 14.7 Å². The van der Waals surface area contributed by atoms with E-state index in [1.165, 1.54) is 11.3 Å². The Morgan fingerprint density at radius 3 is 2.69 bits per heavy atom. The molecule has 142 valence electrons. The van der Waals surface area contributed by atoms with Crippen LogP contribution in [0.4, 0.5) is 5.13 Å². The van der Waals surface area contributed by atoms with Gasteiger partial charge in [0.05, 0.1) is 34.1 Å². The maximum atomic E-state index is 13.3. The highest BCUT2D eigenvalue weighted by Gasteiger charge is 2.23. The molecule has 0 aliphatic rings. The van der Waals surface area contributed by atoms with E-state index < -0.39 is 0 Å². The van der Waals surface area contributed by atoms with Crippen molar-refractivity contribution in [3.05, 3.63) is 88.2 Å². The lowest BCUT2D eigenvalue weighted by molar-refractivity contribution is 0.0985. The largest absolute Gasteiger partial charge is 0.278 e. The molecule has 0 spiro atoms. The van der Waals surface area contributed by atoms with Crippen LogP contribution in [0, 0.1) is 18.3 Å². The number of aryl methyl sites for hydroxylation is 1. The summed E-state index contributed by atoms with van der Waals surface area (Å²) in [5, 5.41) is 10.2. The van der Waals surface area contributed by atoms with Crippen LogP contribution in [0.25, 0.3) is 10.2 Å². The molecule has 0 radical (unpaired) electrons. The summed E-state index contributed by atoms with van der Waals surface area (Å²) >= 11 is 7.60. The molecule has 0 unspecified atom stereocenters. The van der Waals surface area contributed by atoms with Gasteiger partial charge in [0.2, 0.25) is 0 Å². The molecule has 4 rings (SSSR count). The van der Waals surface area contributed by atoms with Gasteiger partial charge in [-0.25, -0.2) is 4.98 Å².